The second kappa shape index (κ2) is 9.18. The molecule has 2 N–H and O–H groups in total. The molecule has 4 fully saturated rings. The van der Waals surface area contributed by atoms with Gasteiger partial charge in [0.1, 0.15) is 6.17 Å². The molecule has 0 aromatic rings. The summed E-state index contributed by atoms with van der Waals surface area (Å²) in [5, 5.41) is 6.67. The van der Waals surface area contributed by atoms with Crippen molar-refractivity contribution in [1.82, 2.24) is 20.4 Å². The van der Waals surface area contributed by atoms with Crippen LogP contribution in [0.3, 0.4) is 0 Å². The molecule has 7 atom stereocenters. The maximum Gasteiger partial charge on any atom is 0.237 e. The van der Waals surface area contributed by atoms with Crippen molar-refractivity contribution >= 4 is 27.7 Å². The number of halogens is 2. The minimum absolute atomic E-state index is 0.0401. The van der Waals surface area contributed by atoms with Crippen molar-refractivity contribution in [3.05, 3.63) is 0 Å². The zero-order chi connectivity index (χ0) is 20.5. The van der Waals surface area contributed by atoms with Gasteiger partial charge in [-0.15, -0.1) is 0 Å². The molecule has 4 aliphatic rings. The SMILES string of the molecule is CC(=O)N1CCN(C2CCCC(NC(=O)C3CC4C(F)CCC(Br)C4N3)C2)CC1. The Labute approximate surface area is 181 Å². The van der Waals surface area contributed by atoms with Gasteiger partial charge in [-0.2, -0.15) is 0 Å². The smallest absolute Gasteiger partial charge is 0.237 e. The average Bonchev–Trinajstić information content (AvgIpc) is 3.18. The lowest BCUT2D eigenvalue weighted by Crippen LogP contribution is -2.55. The number of nitrogens with zero attached hydrogens (tertiary/aromatic N) is 2. The maximum absolute atomic E-state index is 14.3. The van der Waals surface area contributed by atoms with E-state index in [1.54, 1.807) is 6.92 Å². The largest absolute Gasteiger partial charge is 0.352 e. The predicted molar refractivity (Wildman–Crippen MR) is 114 cm³/mol. The molecule has 2 amide bonds. The summed E-state index contributed by atoms with van der Waals surface area (Å²) in [6.45, 7) is 5.08. The monoisotopic (exact) mass is 472 g/mol. The first-order valence-corrected chi connectivity index (χ1v) is 12.2. The van der Waals surface area contributed by atoms with Gasteiger partial charge in [0, 0.05) is 62.0 Å². The van der Waals surface area contributed by atoms with E-state index in [4.69, 9.17) is 0 Å². The van der Waals surface area contributed by atoms with Crippen LogP contribution < -0.4 is 10.6 Å². The Kier molecular flexibility index (Phi) is 6.81. The normalized spacial score (nSPS) is 41.1. The quantitative estimate of drug-likeness (QED) is 0.614. The summed E-state index contributed by atoms with van der Waals surface area (Å²) in [6.07, 6.45) is 5.48. The molecule has 2 aliphatic carbocycles. The van der Waals surface area contributed by atoms with E-state index in [9.17, 15) is 14.0 Å². The molecule has 2 saturated heterocycles. The van der Waals surface area contributed by atoms with Crippen LogP contribution in [0.2, 0.25) is 0 Å². The van der Waals surface area contributed by atoms with Crippen molar-refractivity contribution in [3.8, 4) is 0 Å². The van der Waals surface area contributed by atoms with Gasteiger partial charge in [-0.3, -0.25) is 14.5 Å². The molecule has 2 saturated carbocycles. The zero-order valence-electron chi connectivity index (χ0n) is 17.3. The van der Waals surface area contributed by atoms with Crippen LogP contribution in [0.4, 0.5) is 4.39 Å². The second-order valence-electron chi connectivity index (χ2n) is 9.32. The third-order valence-electron chi connectivity index (χ3n) is 7.52. The van der Waals surface area contributed by atoms with Crippen LogP contribution in [0.25, 0.3) is 0 Å². The third kappa shape index (κ3) is 4.79. The van der Waals surface area contributed by atoms with Crippen LogP contribution in [0, 0.1) is 5.92 Å². The number of alkyl halides is 2. The van der Waals surface area contributed by atoms with Gasteiger partial charge in [0.25, 0.3) is 0 Å². The first kappa shape index (κ1) is 21.5. The van der Waals surface area contributed by atoms with Crippen molar-refractivity contribution in [2.24, 2.45) is 5.92 Å². The van der Waals surface area contributed by atoms with E-state index < -0.39 is 6.17 Å². The van der Waals surface area contributed by atoms with Gasteiger partial charge in [0.15, 0.2) is 0 Å². The van der Waals surface area contributed by atoms with Crippen molar-refractivity contribution in [2.45, 2.75) is 87.0 Å². The Balaban J connectivity index is 1.27. The molecule has 0 spiro atoms. The number of hydrogen-bond acceptors (Lipinski definition) is 4. The molecular formula is C21H34BrFN4O2. The highest BCUT2D eigenvalue weighted by molar-refractivity contribution is 9.09. The van der Waals surface area contributed by atoms with Gasteiger partial charge < -0.3 is 15.5 Å². The second-order valence-corrected chi connectivity index (χ2v) is 10.5. The first-order chi connectivity index (χ1) is 13.9. The van der Waals surface area contributed by atoms with E-state index >= 15 is 0 Å². The van der Waals surface area contributed by atoms with Gasteiger partial charge in [0.05, 0.1) is 6.04 Å². The van der Waals surface area contributed by atoms with Gasteiger partial charge in [-0.1, -0.05) is 15.9 Å². The average molecular weight is 473 g/mol. The Morgan fingerprint density at radius 3 is 2.52 bits per heavy atom. The fraction of sp³-hybridized carbons (Fsp3) is 0.905. The van der Waals surface area contributed by atoms with E-state index in [0.29, 0.717) is 18.9 Å². The van der Waals surface area contributed by atoms with E-state index in [1.165, 1.54) is 0 Å². The minimum Gasteiger partial charge on any atom is -0.352 e. The highest BCUT2D eigenvalue weighted by atomic mass is 79.9. The van der Waals surface area contributed by atoms with Crippen molar-refractivity contribution in [3.63, 3.8) is 0 Å². The summed E-state index contributed by atoms with van der Waals surface area (Å²) in [6, 6.07) is 0.453. The Morgan fingerprint density at radius 1 is 1.07 bits per heavy atom. The van der Waals surface area contributed by atoms with Gasteiger partial charge >= 0.3 is 0 Å². The summed E-state index contributed by atoms with van der Waals surface area (Å²) < 4.78 is 14.3. The number of amides is 2. The summed E-state index contributed by atoms with van der Waals surface area (Å²) in [5.74, 6) is 0.142. The lowest BCUT2D eigenvalue weighted by molar-refractivity contribution is -0.131. The topological polar surface area (TPSA) is 64.7 Å². The molecule has 7 unspecified atom stereocenters. The summed E-state index contributed by atoms with van der Waals surface area (Å²) in [4.78, 5) is 29.1. The minimum atomic E-state index is -0.799. The van der Waals surface area contributed by atoms with Gasteiger partial charge in [-0.25, -0.2) is 4.39 Å². The molecule has 4 rings (SSSR count). The van der Waals surface area contributed by atoms with Crippen LogP contribution in [0.15, 0.2) is 0 Å². The molecule has 2 heterocycles. The van der Waals surface area contributed by atoms with Crippen molar-refractivity contribution in [2.75, 3.05) is 26.2 Å². The van der Waals surface area contributed by atoms with Crippen molar-refractivity contribution < 1.29 is 14.0 Å². The van der Waals surface area contributed by atoms with E-state index in [1.807, 2.05) is 4.90 Å². The Hall–Kier alpha value is -0.730. The molecule has 6 nitrogen and oxygen atoms in total. The number of carbonyl (C=O) groups is 2. The fourth-order valence-electron chi connectivity index (χ4n) is 5.81. The van der Waals surface area contributed by atoms with Crippen LogP contribution in [0.1, 0.15) is 51.9 Å². The lowest BCUT2D eigenvalue weighted by Gasteiger charge is -2.42. The number of fused-ring (bicyclic) bond motifs is 1. The molecular weight excluding hydrogens is 439 g/mol. The maximum atomic E-state index is 14.3. The summed E-state index contributed by atoms with van der Waals surface area (Å²) in [5.41, 5.74) is 0. The third-order valence-corrected chi connectivity index (χ3v) is 8.55. The predicted octanol–water partition coefficient (Wildman–Crippen LogP) is 1.82. The van der Waals surface area contributed by atoms with E-state index in [2.05, 4.69) is 31.5 Å². The number of hydrogen-bond donors (Lipinski definition) is 2. The number of piperazine rings is 1. The fourth-order valence-corrected chi connectivity index (χ4v) is 6.62. The molecule has 29 heavy (non-hydrogen) atoms. The van der Waals surface area contributed by atoms with Crippen LogP contribution >= 0.6 is 15.9 Å². The number of nitrogens with one attached hydrogen (secondary N) is 2. The number of rotatable bonds is 3. The van der Waals surface area contributed by atoms with Crippen molar-refractivity contribution in [1.29, 1.82) is 0 Å². The van der Waals surface area contributed by atoms with Gasteiger partial charge in [-0.05, 0) is 44.9 Å². The molecule has 0 aromatic heterocycles. The molecule has 2 aliphatic heterocycles. The molecule has 0 bridgehead atoms. The first-order valence-electron chi connectivity index (χ1n) is 11.3. The number of carbonyl (C=O) groups excluding carboxylic acids is 2. The standard InChI is InChI=1S/C21H34BrFN4O2/c1-13(28)26-7-9-27(10-8-26)15-4-2-3-14(11-15)24-21(29)19-12-16-18(23)6-5-17(22)20(16)25-19/h14-20,25H,2-12H2,1H3,(H,24,29). The summed E-state index contributed by atoms with van der Waals surface area (Å²) >= 11 is 3.67. The van der Waals surface area contributed by atoms with E-state index in [-0.39, 0.29) is 40.7 Å². The van der Waals surface area contributed by atoms with E-state index in [0.717, 1.165) is 58.3 Å². The van der Waals surface area contributed by atoms with Gasteiger partial charge in [0.2, 0.25) is 11.8 Å². The molecule has 8 heteroatoms. The highest BCUT2D eigenvalue weighted by Crippen LogP contribution is 2.38. The highest BCUT2D eigenvalue weighted by Gasteiger charge is 2.47. The molecule has 164 valence electrons. The Bertz CT molecular complexity index is 597. The lowest BCUT2D eigenvalue weighted by atomic mass is 9.83. The zero-order valence-corrected chi connectivity index (χ0v) is 18.9. The Morgan fingerprint density at radius 2 is 1.83 bits per heavy atom. The van der Waals surface area contributed by atoms with Crippen LogP contribution in [0.5, 0.6) is 0 Å². The summed E-state index contributed by atoms with van der Waals surface area (Å²) in [7, 11) is 0. The van der Waals surface area contributed by atoms with Crippen LogP contribution in [-0.4, -0.2) is 83.0 Å². The molecule has 0 radical (unpaired) electrons. The van der Waals surface area contributed by atoms with Crippen LogP contribution in [-0.2, 0) is 9.59 Å². The molecule has 0 aromatic carbocycles.